The first-order chi connectivity index (χ1) is 15.1. The van der Waals surface area contributed by atoms with Gasteiger partial charge in [-0.25, -0.2) is 14.6 Å². The van der Waals surface area contributed by atoms with Crippen LogP contribution in [0.5, 0.6) is 0 Å². The van der Waals surface area contributed by atoms with Crippen LogP contribution in [0.25, 0.3) is 11.2 Å². The molecule has 0 bridgehead atoms. The van der Waals surface area contributed by atoms with Crippen molar-refractivity contribution in [2.75, 3.05) is 18.0 Å². The molecule has 1 saturated heterocycles. The van der Waals surface area contributed by atoms with E-state index in [9.17, 15) is 4.79 Å². The van der Waals surface area contributed by atoms with Gasteiger partial charge >= 0.3 is 0 Å². The van der Waals surface area contributed by atoms with E-state index in [1.807, 2.05) is 36.4 Å². The second-order valence-corrected chi connectivity index (χ2v) is 8.20. The number of nitrogens with zero attached hydrogens (tertiary/aromatic N) is 6. The normalized spacial score (nSPS) is 16.4. The Morgan fingerprint density at radius 3 is 2.81 bits per heavy atom. The maximum absolute atomic E-state index is 12.7. The maximum Gasteiger partial charge on any atom is 0.291 e. The number of hydrogen-bond acceptors (Lipinski definition) is 5. The average molecular weight is 416 g/mol. The molecule has 0 saturated carbocycles. The number of benzene rings is 1. The summed E-state index contributed by atoms with van der Waals surface area (Å²) in [5, 5.41) is 7.41. The van der Waals surface area contributed by atoms with Crippen molar-refractivity contribution in [2.24, 2.45) is 0 Å². The average Bonchev–Trinajstić information content (AvgIpc) is 3.53. The Hall–Kier alpha value is -3.68. The van der Waals surface area contributed by atoms with Crippen LogP contribution in [0.15, 0.2) is 61.2 Å². The number of amides is 1. The number of anilines is 1. The molecule has 4 aromatic rings. The predicted molar refractivity (Wildman–Crippen MR) is 119 cm³/mol. The third kappa shape index (κ3) is 3.76. The van der Waals surface area contributed by atoms with E-state index in [-0.39, 0.29) is 17.8 Å². The Balaban J connectivity index is 1.30. The van der Waals surface area contributed by atoms with Crippen LogP contribution in [0.4, 0.5) is 5.82 Å². The lowest BCUT2D eigenvalue weighted by atomic mass is 10.1. The summed E-state index contributed by atoms with van der Waals surface area (Å²) < 4.78 is 3.74. The first-order valence-electron chi connectivity index (χ1n) is 10.6. The largest absolute Gasteiger partial charge is 0.353 e. The van der Waals surface area contributed by atoms with E-state index in [0.29, 0.717) is 12.5 Å². The van der Waals surface area contributed by atoms with E-state index in [2.05, 4.69) is 57.0 Å². The molecule has 1 aromatic carbocycles. The number of carbonyl (C=O) groups is 1. The van der Waals surface area contributed by atoms with Crippen LogP contribution in [0.3, 0.4) is 0 Å². The van der Waals surface area contributed by atoms with E-state index in [1.165, 1.54) is 0 Å². The fourth-order valence-electron chi connectivity index (χ4n) is 3.95. The number of nitrogens with one attached hydrogen (secondary N) is 1. The van der Waals surface area contributed by atoms with Crippen LogP contribution < -0.4 is 10.2 Å². The lowest BCUT2D eigenvalue weighted by Crippen LogP contribution is -2.37. The van der Waals surface area contributed by atoms with Crippen molar-refractivity contribution in [1.82, 2.24) is 29.5 Å². The molecule has 1 N–H and O–H groups in total. The van der Waals surface area contributed by atoms with Gasteiger partial charge in [-0.05, 0) is 36.6 Å². The van der Waals surface area contributed by atoms with E-state index < -0.39 is 0 Å². The topological polar surface area (TPSA) is 80.4 Å². The van der Waals surface area contributed by atoms with Gasteiger partial charge in [0, 0.05) is 31.5 Å². The summed E-state index contributed by atoms with van der Waals surface area (Å²) in [6.07, 6.45) is 6.56. The highest BCUT2D eigenvalue weighted by atomic mass is 16.2. The lowest BCUT2D eigenvalue weighted by Gasteiger charge is -2.21. The number of hydrogen-bond donors (Lipinski definition) is 1. The standard InChI is InChI=1S/C23H25N7O/c1-16(2)19-14-28-11-6-9-20(28)22(26-19)29-12-10-17(13-29)25-23(31)21-24-15-30(27-21)18-7-4-3-5-8-18/h3-9,11,14-17H,10,12-13H2,1-2H3,(H,25,31). The van der Waals surface area contributed by atoms with Crippen molar-refractivity contribution in [3.05, 3.63) is 72.7 Å². The molecule has 8 heteroatoms. The molecule has 8 nitrogen and oxygen atoms in total. The number of para-hydroxylation sites is 1. The highest BCUT2D eigenvalue weighted by Gasteiger charge is 2.28. The summed E-state index contributed by atoms with van der Waals surface area (Å²) in [6.45, 7) is 5.85. The summed E-state index contributed by atoms with van der Waals surface area (Å²) >= 11 is 0. The molecule has 3 aromatic heterocycles. The molecule has 1 aliphatic rings. The lowest BCUT2D eigenvalue weighted by molar-refractivity contribution is 0.0930. The van der Waals surface area contributed by atoms with Crippen LogP contribution in [-0.4, -0.2) is 49.2 Å². The van der Waals surface area contributed by atoms with Crippen LogP contribution in [0.2, 0.25) is 0 Å². The van der Waals surface area contributed by atoms with Crippen LogP contribution in [-0.2, 0) is 0 Å². The Bertz CT molecular complexity index is 1210. The van der Waals surface area contributed by atoms with Gasteiger partial charge in [0.2, 0.25) is 5.82 Å². The third-order valence-electron chi connectivity index (χ3n) is 5.64. The van der Waals surface area contributed by atoms with E-state index in [4.69, 9.17) is 4.98 Å². The third-order valence-corrected chi connectivity index (χ3v) is 5.64. The van der Waals surface area contributed by atoms with Gasteiger partial charge in [0.05, 0.1) is 16.9 Å². The molecule has 0 radical (unpaired) electrons. The van der Waals surface area contributed by atoms with Crippen molar-refractivity contribution < 1.29 is 4.79 Å². The minimum absolute atomic E-state index is 0.0238. The Kier molecular flexibility index (Phi) is 4.89. The van der Waals surface area contributed by atoms with Crippen molar-refractivity contribution in [3.63, 3.8) is 0 Å². The van der Waals surface area contributed by atoms with Crippen LogP contribution in [0.1, 0.15) is 42.5 Å². The smallest absolute Gasteiger partial charge is 0.291 e. The molecule has 0 spiro atoms. The molecule has 1 atom stereocenters. The highest BCUT2D eigenvalue weighted by Crippen LogP contribution is 2.26. The first kappa shape index (κ1) is 19.3. The minimum Gasteiger partial charge on any atom is -0.353 e. The zero-order chi connectivity index (χ0) is 21.4. The molecule has 0 aliphatic carbocycles. The van der Waals surface area contributed by atoms with E-state index in [0.717, 1.165) is 35.7 Å². The molecule has 1 amide bonds. The fraction of sp³-hybridized carbons (Fsp3) is 0.304. The number of aromatic nitrogens is 5. The quantitative estimate of drug-likeness (QED) is 0.542. The molecule has 1 unspecified atom stereocenters. The van der Waals surface area contributed by atoms with E-state index >= 15 is 0 Å². The zero-order valence-electron chi connectivity index (χ0n) is 17.6. The van der Waals surface area contributed by atoms with E-state index in [1.54, 1.807) is 11.0 Å². The fourth-order valence-corrected chi connectivity index (χ4v) is 3.95. The minimum atomic E-state index is -0.252. The van der Waals surface area contributed by atoms with Crippen LogP contribution >= 0.6 is 0 Å². The summed E-state index contributed by atoms with van der Waals surface area (Å²) in [4.78, 5) is 24.1. The van der Waals surface area contributed by atoms with Crippen molar-refractivity contribution in [3.8, 4) is 5.69 Å². The predicted octanol–water partition coefficient (Wildman–Crippen LogP) is 3.05. The van der Waals surface area contributed by atoms with Gasteiger partial charge in [0.1, 0.15) is 6.33 Å². The van der Waals surface area contributed by atoms with Crippen molar-refractivity contribution in [2.45, 2.75) is 32.2 Å². The maximum atomic E-state index is 12.7. The molecular weight excluding hydrogens is 390 g/mol. The second kappa shape index (κ2) is 7.86. The first-order valence-corrected chi connectivity index (χ1v) is 10.6. The number of rotatable bonds is 5. The highest BCUT2D eigenvalue weighted by molar-refractivity contribution is 5.90. The Labute approximate surface area is 180 Å². The number of fused-ring (bicyclic) bond motifs is 1. The zero-order valence-corrected chi connectivity index (χ0v) is 17.6. The van der Waals surface area contributed by atoms with Gasteiger partial charge in [0.15, 0.2) is 5.82 Å². The van der Waals surface area contributed by atoms with Gasteiger partial charge in [-0.3, -0.25) is 4.79 Å². The summed E-state index contributed by atoms with van der Waals surface area (Å²) in [6, 6.07) is 13.8. The molecule has 5 rings (SSSR count). The van der Waals surface area contributed by atoms with Crippen molar-refractivity contribution in [1.29, 1.82) is 0 Å². The summed E-state index contributed by atoms with van der Waals surface area (Å²) in [5.74, 6) is 1.24. The monoisotopic (exact) mass is 415 g/mol. The molecule has 31 heavy (non-hydrogen) atoms. The van der Waals surface area contributed by atoms with Gasteiger partial charge in [-0.1, -0.05) is 32.0 Å². The van der Waals surface area contributed by atoms with Crippen molar-refractivity contribution >= 4 is 17.2 Å². The van der Waals surface area contributed by atoms with Gasteiger partial charge in [0.25, 0.3) is 5.91 Å². The molecular formula is C23H25N7O. The molecule has 158 valence electrons. The van der Waals surface area contributed by atoms with Gasteiger partial charge in [-0.2, -0.15) is 0 Å². The van der Waals surface area contributed by atoms with Gasteiger partial charge in [-0.15, -0.1) is 5.10 Å². The Morgan fingerprint density at radius 2 is 2.00 bits per heavy atom. The summed E-state index contributed by atoms with van der Waals surface area (Å²) in [7, 11) is 0. The SMILES string of the molecule is CC(C)c1cn2cccc2c(N2CCC(NC(=O)c3ncn(-c4ccccc4)n3)C2)n1. The van der Waals surface area contributed by atoms with Gasteiger partial charge < -0.3 is 14.6 Å². The molecule has 1 fully saturated rings. The second-order valence-electron chi connectivity index (χ2n) is 8.20. The molecule has 1 aliphatic heterocycles. The summed E-state index contributed by atoms with van der Waals surface area (Å²) in [5.41, 5.74) is 3.01. The van der Waals surface area contributed by atoms with Crippen LogP contribution in [0, 0.1) is 0 Å². The molecule has 4 heterocycles. The Morgan fingerprint density at radius 1 is 1.16 bits per heavy atom. The number of carbonyl (C=O) groups excluding carboxylic acids is 1.